The molecule has 2 aliphatic rings. The van der Waals surface area contributed by atoms with Gasteiger partial charge in [-0.15, -0.1) is 0 Å². The van der Waals surface area contributed by atoms with Gasteiger partial charge in [-0.2, -0.15) is 0 Å². The molecule has 0 unspecified atom stereocenters. The lowest BCUT2D eigenvalue weighted by Crippen LogP contribution is -2.49. The second-order valence-corrected chi connectivity index (χ2v) is 8.48. The number of benzene rings is 2. The van der Waals surface area contributed by atoms with Crippen molar-refractivity contribution in [3.8, 4) is 11.1 Å². The summed E-state index contributed by atoms with van der Waals surface area (Å²) in [4.78, 5) is 36.2. The van der Waals surface area contributed by atoms with Crippen molar-refractivity contribution >= 4 is 18.0 Å². The molecule has 4 rings (SSSR count). The van der Waals surface area contributed by atoms with Gasteiger partial charge >= 0.3 is 12.1 Å². The van der Waals surface area contributed by atoms with Crippen molar-refractivity contribution in [1.29, 1.82) is 0 Å². The Morgan fingerprint density at radius 1 is 1.03 bits per heavy atom. The van der Waals surface area contributed by atoms with E-state index in [4.69, 9.17) is 9.84 Å². The van der Waals surface area contributed by atoms with Crippen LogP contribution in [0.1, 0.15) is 49.7 Å². The van der Waals surface area contributed by atoms with E-state index in [0.717, 1.165) is 22.3 Å². The van der Waals surface area contributed by atoms with Gasteiger partial charge in [0.15, 0.2) is 0 Å². The van der Waals surface area contributed by atoms with E-state index in [9.17, 15) is 14.4 Å². The number of fused-ring (bicyclic) bond motifs is 3. The van der Waals surface area contributed by atoms with Gasteiger partial charge in [0, 0.05) is 12.0 Å². The largest absolute Gasteiger partial charge is 0.481 e. The SMILES string of the molecule is CC[C@H](NC(=O)OCC1c2ccccc2-c2ccccc21)C(=O)N[C@H]1CC[C@@H](C(=O)O)C1. The first-order valence-corrected chi connectivity index (χ1v) is 11.1. The molecular weight excluding hydrogens is 408 g/mol. The maximum absolute atomic E-state index is 12.6. The number of carbonyl (C=O) groups excluding carboxylic acids is 2. The molecule has 2 aromatic carbocycles. The molecule has 0 bridgehead atoms. The molecule has 0 radical (unpaired) electrons. The summed E-state index contributed by atoms with van der Waals surface area (Å²) in [6, 6.07) is 15.3. The fraction of sp³-hybridized carbons (Fsp3) is 0.400. The number of ether oxygens (including phenoxy) is 1. The first-order chi connectivity index (χ1) is 15.5. The van der Waals surface area contributed by atoms with E-state index in [1.165, 1.54) is 0 Å². The van der Waals surface area contributed by atoms with E-state index >= 15 is 0 Å². The molecule has 1 saturated carbocycles. The number of carboxylic acids is 1. The van der Waals surface area contributed by atoms with Crippen LogP contribution in [-0.4, -0.2) is 41.8 Å². The molecule has 7 heteroatoms. The van der Waals surface area contributed by atoms with Crippen molar-refractivity contribution in [3.63, 3.8) is 0 Å². The molecule has 7 nitrogen and oxygen atoms in total. The average Bonchev–Trinajstić information content (AvgIpc) is 3.39. The fourth-order valence-corrected chi connectivity index (χ4v) is 4.77. The minimum atomic E-state index is -0.828. The van der Waals surface area contributed by atoms with Crippen LogP contribution in [0.5, 0.6) is 0 Å². The molecule has 3 atom stereocenters. The molecule has 3 N–H and O–H groups in total. The summed E-state index contributed by atoms with van der Waals surface area (Å²) < 4.78 is 5.53. The molecule has 0 saturated heterocycles. The summed E-state index contributed by atoms with van der Waals surface area (Å²) in [5.41, 5.74) is 4.55. The molecule has 1 fully saturated rings. The van der Waals surface area contributed by atoms with E-state index in [-0.39, 0.29) is 24.5 Å². The summed E-state index contributed by atoms with van der Waals surface area (Å²) in [6.45, 7) is 1.99. The van der Waals surface area contributed by atoms with Gasteiger partial charge < -0.3 is 20.5 Å². The van der Waals surface area contributed by atoms with Crippen molar-refractivity contribution in [2.45, 2.75) is 50.6 Å². The Labute approximate surface area is 187 Å². The zero-order chi connectivity index (χ0) is 22.7. The van der Waals surface area contributed by atoms with Gasteiger partial charge in [-0.05, 0) is 47.9 Å². The quantitative estimate of drug-likeness (QED) is 0.614. The van der Waals surface area contributed by atoms with Gasteiger partial charge in [0.1, 0.15) is 12.6 Å². The number of hydrogen-bond acceptors (Lipinski definition) is 4. The minimum Gasteiger partial charge on any atom is -0.481 e. The molecule has 0 aromatic heterocycles. The Bertz CT molecular complexity index is 975. The van der Waals surface area contributed by atoms with Crippen molar-refractivity contribution < 1.29 is 24.2 Å². The monoisotopic (exact) mass is 436 g/mol. The highest BCUT2D eigenvalue weighted by Crippen LogP contribution is 2.44. The Morgan fingerprint density at radius 3 is 2.22 bits per heavy atom. The predicted octanol–water partition coefficient (Wildman–Crippen LogP) is 3.67. The van der Waals surface area contributed by atoms with Gasteiger partial charge in [-0.25, -0.2) is 4.79 Å². The molecule has 2 aliphatic carbocycles. The number of rotatable bonds is 7. The van der Waals surface area contributed by atoms with Crippen LogP contribution >= 0.6 is 0 Å². The molecule has 0 heterocycles. The third kappa shape index (κ3) is 4.47. The Morgan fingerprint density at radius 2 is 1.66 bits per heavy atom. The molecule has 32 heavy (non-hydrogen) atoms. The average molecular weight is 437 g/mol. The maximum Gasteiger partial charge on any atom is 0.407 e. The van der Waals surface area contributed by atoms with Gasteiger partial charge in [-0.3, -0.25) is 9.59 Å². The molecule has 0 aliphatic heterocycles. The van der Waals surface area contributed by atoms with E-state index in [2.05, 4.69) is 34.9 Å². The highest BCUT2D eigenvalue weighted by atomic mass is 16.5. The smallest absolute Gasteiger partial charge is 0.407 e. The van der Waals surface area contributed by atoms with Crippen molar-refractivity contribution in [3.05, 3.63) is 59.7 Å². The normalized spacial score (nSPS) is 20.2. The lowest BCUT2D eigenvalue weighted by Gasteiger charge is -2.20. The van der Waals surface area contributed by atoms with Crippen molar-refractivity contribution in [1.82, 2.24) is 10.6 Å². The second-order valence-electron chi connectivity index (χ2n) is 8.48. The third-order valence-electron chi connectivity index (χ3n) is 6.49. The van der Waals surface area contributed by atoms with Crippen molar-refractivity contribution in [2.75, 3.05) is 6.61 Å². The Kier molecular flexibility index (Phi) is 6.44. The standard InChI is InChI=1S/C25H28N2O5/c1-2-22(23(28)26-16-12-11-15(13-16)24(29)30)27-25(31)32-14-21-19-9-5-3-7-17(19)18-8-4-6-10-20(18)21/h3-10,15-16,21-22H,2,11-14H2,1H3,(H,26,28)(H,27,31)(H,29,30)/t15-,16+,22+/m1/s1. The number of aliphatic carboxylic acids is 1. The molecule has 2 aromatic rings. The van der Waals surface area contributed by atoms with Crippen LogP contribution in [0.2, 0.25) is 0 Å². The summed E-state index contributed by atoms with van der Waals surface area (Å²) in [7, 11) is 0. The number of alkyl carbamates (subject to hydrolysis) is 1. The zero-order valence-corrected chi connectivity index (χ0v) is 18.0. The predicted molar refractivity (Wildman–Crippen MR) is 119 cm³/mol. The summed E-state index contributed by atoms with van der Waals surface area (Å²) >= 11 is 0. The van der Waals surface area contributed by atoms with Crippen LogP contribution < -0.4 is 10.6 Å². The maximum atomic E-state index is 12.6. The Balaban J connectivity index is 1.33. The first-order valence-electron chi connectivity index (χ1n) is 11.1. The van der Waals surface area contributed by atoms with E-state index in [0.29, 0.717) is 25.7 Å². The van der Waals surface area contributed by atoms with Crippen LogP contribution in [0.15, 0.2) is 48.5 Å². The fourth-order valence-electron chi connectivity index (χ4n) is 4.77. The van der Waals surface area contributed by atoms with Crippen LogP contribution in [0.4, 0.5) is 4.79 Å². The van der Waals surface area contributed by atoms with Crippen LogP contribution in [0, 0.1) is 5.92 Å². The van der Waals surface area contributed by atoms with E-state index in [1.54, 1.807) is 0 Å². The van der Waals surface area contributed by atoms with Crippen LogP contribution in [-0.2, 0) is 14.3 Å². The van der Waals surface area contributed by atoms with Gasteiger partial charge in [0.2, 0.25) is 5.91 Å². The van der Waals surface area contributed by atoms with E-state index in [1.807, 2.05) is 31.2 Å². The minimum absolute atomic E-state index is 0.0477. The summed E-state index contributed by atoms with van der Waals surface area (Å²) in [5.74, 6) is -1.61. The number of carboxylic acid groups (broad SMARTS) is 1. The first kappa shape index (κ1) is 21.9. The summed E-state index contributed by atoms with van der Waals surface area (Å²) in [6.07, 6.45) is 1.37. The zero-order valence-electron chi connectivity index (χ0n) is 18.0. The topological polar surface area (TPSA) is 105 Å². The lowest BCUT2D eigenvalue weighted by atomic mass is 9.98. The number of amides is 2. The molecule has 168 valence electrons. The summed E-state index contributed by atoms with van der Waals surface area (Å²) in [5, 5.41) is 14.7. The van der Waals surface area contributed by atoms with E-state index < -0.39 is 24.0 Å². The number of carbonyl (C=O) groups is 3. The lowest BCUT2D eigenvalue weighted by molar-refractivity contribution is -0.141. The van der Waals surface area contributed by atoms with Crippen LogP contribution in [0.3, 0.4) is 0 Å². The van der Waals surface area contributed by atoms with Crippen molar-refractivity contribution in [2.24, 2.45) is 5.92 Å². The Hall–Kier alpha value is -3.35. The third-order valence-corrected chi connectivity index (χ3v) is 6.49. The molecular formula is C25H28N2O5. The highest BCUT2D eigenvalue weighted by molar-refractivity contribution is 5.86. The second kappa shape index (κ2) is 9.42. The van der Waals surface area contributed by atoms with Crippen LogP contribution in [0.25, 0.3) is 11.1 Å². The number of nitrogens with one attached hydrogen (secondary N) is 2. The highest BCUT2D eigenvalue weighted by Gasteiger charge is 2.33. The molecule has 2 amide bonds. The van der Waals surface area contributed by atoms with Gasteiger partial charge in [-0.1, -0.05) is 55.5 Å². The molecule has 0 spiro atoms. The van der Waals surface area contributed by atoms with Gasteiger partial charge in [0.25, 0.3) is 0 Å². The van der Waals surface area contributed by atoms with Gasteiger partial charge in [0.05, 0.1) is 5.92 Å². The number of hydrogen-bond donors (Lipinski definition) is 3.